The number of carbonyl (C=O) groups excluding carboxylic acids is 1. The monoisotopic (exact) mass is 234 g/mol. The first-order valence-electron chi connectivity index (χ1n) is 5.32. The second-order valence-electron chi connectivity index (χ2n) is 3.48. The van der Waals surface area contributed by atoms with Gasteiger partial charge in [0.25, 0.3) is 5.69 Å². The molecule has 1 rings (SSSR count). The minimum atomic E-state index is -0.469. The number of non-ortho nitro benzene ring substituents is 1. The lowest BCUT2D eigenvalue weighted by atomic mass is 10.1. The Morgan fingerprint density at radius 3 is 2.53 bits per heavy atom. The maximum atomic E-state index is 10.9. The van der Waals surface area contributed by atoms with Crippen LogP contribution in [0.15, 0.2) is 30.5 Å². The van der Waals surface area contributed by atoms with Crippen molar-refractivity contribution in [2.45, 2.75) is 13.3 Å². The number of aldehydes is 1. The van der Waals surface area contributed by atoms with Crippen LogP contribution in [0.3, 0.4) is 0 Å². The van der Waals surface area contributed by atoms with E-state index in [9.17, 15) is 14.9 Å². The quantitative estimate of drug-likeness (QED) is 0.269. The lowest BCUT2D eigenvalue weighted by Crippen LogP contribution is -2.07. The molecule has 0 fully saturated rings. The highest BCUT2D eigenvalue weighted by Crippen LogP contribution is 2.16. The van der Waals surface area contributed by atoms with E-state index in [0.29, 0.717) is 11.1 Å². The van der Waals surface area contributed by atoms with Crippen LogP contribution in [-0.2, 0) is 4.79 Å². The zero-order valence-corrected chi connectivity index (χ0v) is 9.55. The molecule has 0 heterocycles. The van der Waals surface area contributed by atoms with Crippen molar-refractivity contribution in [3.05, 3.63) is 46.1 Å². The van der Waals surface area contributed by atoms with Gasteiger partial charge < -0.3 is 5.32 Å². The second kappa shape index (κ2) is 6.42. The molecule has 0 unspecified atom stereocenters. The average molecular weight is 234 g/mol. The van der Waals surface area contributed by atoms with Gasteiger partial charge in [0.15, 0.2) is 6.29 Å². The number of nitro benzene ring substituents is 1. The normalized spacial score (nSPS) is 11.0. The standard InChI is InChI=1S/C12H14N2O3/c1-2-7-13-8-11(9-15)10-3-5-12(6-4-10)14(16)17/h3-6,8-9,13H,2,7H2,1H3/b11-8+. The number of allylic oxidation sites excluding steroid dienone is 1. The highest BCUT2D eigenvalue weighted by atomic mass is 16.6. The van der Waals surface area contributed by atoms with Gasteiger partial charge in [0.05, 0.1) is 4.92 Å². The summed E-state index contributed by atoms with van der Waals surface area (Å²) in [6.45, 7) is 2.80. The van der Waals surface area contributed by atoms with Gasteiger partial charge in [-0.25, -0.2) is 0 Å². The fourth-order valence-electron chi connectivity index (χ4n) is 1.29. The Kier molecular flexibility index (Phi) is 4.87. The van der Waals surface area contributed by atoms with Gasteiger partial charge in [-0.05, 0) is 24.1 Å². The van der Waals surface area contributed by atoms with Crippen LogP contribution in [0.1, 0.15) is 18.9 Å². The van der Waals surface area contributed by atoms with E-state index in [1.165, 1.54) is 12.1 Å². The van der Waals surface area contributed by atoms with Crippen molar-refractivity contribution in [3.8, 4) is 0 Å². The van der Waals surface area contributed by atoms with E-state index < -0.39 is 4.92 Å². The molecule has 0 saturated carbocycles. The van der Waals surface area contributed by atoms with Crippen molar-refractivity contribution in [3.63, 3.8) is 0 Å². The molecule has 1 N–H and O–H groups in total. The van der Waals surface area contributed by atoms with E-state index in [1.54, 1.807) is 18.3 Å². The highest BCUT2D eigenvalue weighted by molar-refractivity contribution is 6.06. The zero-order valence-electron chi connectivity index (χ0n) is 9.55. The molecule has 5 heteroatoms. The zero-order chi connectivity index (χ0) is 12.7. The predicted octanol–water partition coefficient (Wildman–Crippen LogP) is 2.13. The number of hydrogen-bond acceptors (Lipinski definition) is 4. The Hall–Kier alpha value is -2.17. The van der Waals surface area contributed by atoms with Crippen LogP contribution in [0.4, 0.5) is 5.69 Å². The summed E-state index contributed by atoms with van der Waals surface area (Å²) in [6, 6.07) is 5.89. The largest absolute Gasteiger partial charge is 0.390 e. The van der Waals surface area contributed by atoms with Crippen LogP contribution < -0.4 is 5.32 Å². The third-order valence-corrected chi connectivity index (χ3v) is 2.19. The Bertz CT molecular complexity index is 424. The van der Waals surface area contributed by atoms with E-state index in [4.69, 9.17) is 0 Å². The Morgan fingerprint density at radius 2 is 2.06 bits per heavy atom. The molecule has 0 radical (unpaired) electrons. The van der Waals surface area contributed by atoms with E-state index in [1.807, 2.05) is 6.92 Å². The van der Waals surface area contributed by atoms with Crippen LogP contribution in [0.5, 0.6) is 0 Å². The topological polar surface area (TPSA) is 72.2 Å². The van der Waals surface area contributed by atoms with Crippen LogP contribution in [0.2, 0.25) is 0 Å². The Morgan fingerprint density at radius 1 is 1.41 bits per heavy atom. The third-order valence-electron chi connectivity index (χ3n) is 2.19. The van der Waals surface area contributed by atoms with E-state index in [0.717, 1.165) is 19.3 Å². The van der Waals surface area contributed by atoms with Gasteiger partial charge in [0.1, 0.15) is 0 Å². The summed E-state index contributed by atoms with van der Waals surface area (Å²) >= 11 is 0. The molecule has 1 aromatic rings. The molecule has 0 aliphatic heterocycles. The van der Waals surface area contributed by atoms with Gasteiger partial charge in [-0.1, -0.05) is 6.92 Å². The summed E-state index contributed by atoms with van der Waals surface area (Å²) in [4.78, 5) is 20.9. The van der Waals surface area contributed by atoms with Gasteiger partial charge in [-0.2, -0.15) is 0 Å². The van der Waals surface area contributed by atoms with Gasteiger partial charge >= 0.3 is 0 Å². The summed E-state index contributed by atoms with van der Waals surface area (Å²) in [5, 5.41) is 13.5. The molecule has 0 aromatic heterocycles. The summed E-state index contributed by atoms with van der Waals surface area (Å²) < 4.78 is 0. The molecule has 0 aliphatic carbocycles. The molecular weight excluding hydrogens is 220 g/mol. The first kappa shape index (κ1) is 12.9. The number of nitrogens with zero attached hydrogens (tertiary/aromatic N) is 1. The number of carbonyl (C=O) groups is 1. The smallest absolute Gasteiger partial charge is 0.269 e. The molecule has 0 spiro atoms. The number of nitrogens with one attached hydrogen (secondary N) is 1. The van der Waals surface area contributed by atoms with Gasteiger partial charge in [-0.3, -0.25) is 14.9 Å². The number of hydrogen-bond donors (Lipinski definition) is 1. The maximum Gasteiger partial charge on any atom is 0.269 e. The van der Waals surface area contributed by atoms with E-state index >= 15 is 0 Å². The van der Waals surface area contributed by atoms with Crippen molar-refractivity contribution in [2.24, 2.45) is 0 Å². The Labute approximate surface area is 99.3 Å². The maximum absolute atomic E-state index is 10.9. The summed E-state index contributed by atoms with van der Waals surface area (Å²) in [6.07, 6.45) is 3.31. The molecule has 0 aliphatic rings. The fourth-order valence-corrected chi connectivity index (χ4v) is 1.29. The third kappa shape index (κ3) is 3.71. The lowest BCUT2D eigenvalue weighted by Gasteiger charge is -2.02. The number of nitro groups is 1. The molecular formula is C12H14N2O3. The SMILES string of the molecule is CCCN/C=C(\C=O)c1ccc([N+](=O)[O-])cc1. The van der Waals surface area contributed by atoms with Gasteiger partial charge in [0, 0.05) is 30.5 Å². The van der Waals surface area contributed by atoms with Crippen molar-refractivity contribution in [2.75, 3.05) is 6.54 Å². The summed E-state index contributed by atoms with van der Waals surface area (Å²) in [5.74, 6) is 0. The molecule has 0 atom stereocenters. The van der Waals surface area contributed by atoms with Crippen molar-refractivity contribution >= 4 is 17.5 Å². The van der Waals surface area contributed by atoms with E-state index in [2.05, 4.69) is 5.32 Å². The number of rotatable bonds is 6. The molecule has 17 heavy (non-hydrogen) atoms. The van der Waals surface area contributed by atoms with Crippen LogP contribution in [0, 0.1) is 10.1 Å². The molecule has 1 aromatic carbocycles. The summed E-state index contributed by atoms with van der Waals surface area (Å²) in [5.41, 5.74) is 1.16. The van der Waals surface area contributed by atoms with Crippen molar-refractivity contribution in [1.82, 2.24) is 5.32 Å². The minimum absolute atomic E-state index is 0.0144. The summed E-state index contributed by atoms with van der Waals surface area (Å²) in [7, 11) is 0. The lowest BCUT2D eigenvalue weighted by molar-refractivity contribution is -0.384. The molecule has 0 saturated heterocycles. The van der Waals surface area contributed by atoms with Gasteiger partial charge in [-0.15, -0.1) is 0 Å². The highest BCUT2D eigenvalue weighted by Gasteiger charge is 2.06. The molecule has 0 bridgehead atoms. The first-order valence-corrected chi connectivity index (χ1v) is 5.32. The van der Waals surface area contributed by atoms with Crippen molar-refractivity contribution in [1.29, 1.82) is 0 Å². The first-order chi connectivity index (χ1) is 8.19. The minimum Gasteiger partial charge on any atom is -0.390 e. The van der Waals surface area contributed by atoms with Crippen LogP contribution in [-0.4, -0.2) is 17.8 Å². The Balaban J connectivity index is 2.85. The predicted molar refractivity (Wildman–Crippen MR) is 65.4 cm³/mol. The fraction of sp³-hybridized carbons (Fsp3) is 0.250. The van der Waals surface area contributed by atoms with Crippen LogP contribution >= 0.6 is 0 Å². The molecule has 0 amide bonds. The second-order valence-corrected chi connectivity index (χ2v) is 3.48. The van der Waals surface area contributed by atoms with Crippen molar-refractivity contribution < 1.29 is 9.72 Å². The molecule has 5 nitrogen and oxygen atoms in total. The van der Waals surface area contributed by atoms with Gasteiger partial charge in [0.2, 0.25) is 0 Å². The van der Waals surface area contributed by atoms with E-state index in [-0.39, 0.29) is 5.69 Å². The average Bonchev–Trinajstić information content (AvgIpc) is 2.35. The molecule has 90 valence electrons. The number of benzene rings is 1. The van der Waals surface area contributed by atoms with Crippen LogP contribution in [0.25, 0.3) is 5.57 Å².